The first kappa shape index (κ1) is 14.7. The molecular weight excluding hydrogens is 254 g/mol. The highest BCUT2D eigenvalue weighted by Gasteiger charge is 2.22. The van der Waals surface area contributed by atoms with Gasteiger partial charge < -0.3 is 20.3 Å². The van der Waals surface area contributed by atoms with Crippen molar-refractivity contribution in [3.05, 3.63) is 23.8 Å². The van der Waals surface area contributed by atoms with Crippen molar-refractivity contribution in [1.29, 1.82) is 0 Å². The summed E-state index contributed by atoms with van der Waals surface area (Å²) in [5.74, 6) is -0.388. The normalized spacial score (nSPS) is 16.9. The second-order valence-corrected chi connectivity index (χ2v) is 5.41. The molecule has 0 spiro atoms. The summed E-state index contributed by atoms with van der Waals surface area (Å²) >= 11 is 0. The third kappa shape index (κ3) is 3.04. The van der Waals surface area contributed by atoms with Gasteiger partial charge in [0.2, 0.25) is 0 Å². The summed E-state index contributed by atoms with van der Waals surface area (Å²) < 4.78 is 4.77. The third-order valence-corrected chi connectivity index (χ3v) is 4.09. The fourth-order valence-corrected chi connectivity index (χ4v) is 2.64. The molecule has 1 fully saturated rings. The van der Waals surface area contributed by atoms with Gasteiger partial charge in [-0.2, -0.15) is 0 Å². The number of anilines is 2. The van der Waals surface area contributed by atoms with Crippen LogP contribution in [0, 0.1) is 0 Å². The minimum absolute atomic E-state index is 0.388. The van der Waals surface area contributed by atoms with Gasteiger partial charge in [-0.25, -0.2) is 4.79 Å². The highest BCUT2D eigenvalue weighted by molar-refractivity contribution is 5.96. The second kappa shape index (κ2) is 6.13. The highest BCUT2D eigenvalue weighted by atomic mass is 16.5. The van der Waals surface area contributed by atoms with Gasteiger partial charge in [-0.1, -0.05) is 0 Å². The van der Waals surface area contributed by atoms with Crippen LogP contribution in [0.2, 0.25) is 0 Å². The van der Waals surface area contributed by atoms with Crippen LogP contribution in [0.15, 0.2) is 18.2 Å². The van der Waals surface area contributed by atoms with Crippen molar-refractivity contribution < 1.29 is 9.53 Å². The first-order valence-electron chi connectivity index (χ1n) is 6.92. The zero-order chi connectivity index (χ0) is 14.7. The second-order valence-electron chi connectivity index (χ2n) is 5.41. The SMILES string of the molecule is COC(=O)c1cc(N(C)C2CCN(C)CC2)ccc1N. The molecule has 20 heavy (non-hydrogen) atoms. The molecule has 1 aliphatic heterocycles. The van der Waals surface area contributed by atoms with Gasteiger partial charge in [-0.15, -0.1) is 0 Å². The van der Waals surface area contributed by atoms with E-state index in [0.717, 1.165) is 31.6 Å². The van der Waals surface area contributed by atoms with Gasteiger partial charge in [-0.05, 0) is 51.2 Å². The van der Waals surface area contributed by atoms with E-state index < -0.39 is 0 Å². The first-order valence-corrected chi connectivity index (χ1v) is 6.92. The summed E-state index contributed by atoms with van der Waals surface area (Å²) in [5.41, 5.74) is 7.74. The molecule has 1 heterocycles. The number of carbonyl (C=O) groups excluding carboxylic acids is 1. The zero-order valence-corrected chi connectivity index (χ0v) is 12.4. The van der Waals surface area contributed by atoms with E-state index in [2.05, 4.69) is 23.9 Å². The molecule has 0 saturated carbocycles. The summed E-state index contributed by atoms with van der Waals surface area (Å²) in [5, 5.41) is 0. The Balaban J connectivity index is 2.17. The van der Waals surface area contributed by atoms with Crippen LogP contribution in [-0.4, -0.2) is 51.2 Å². The fourth-order valence-electron chi connectivity index (χ4n) is 2.64. The molecule has 2 rings (SSSR count). The number of likely N-dealkylation sites (tertiary alicyclic amines) is 1. The van der Waals surface area contributed by atoms with Gasteiger partial charge in [0.05, 0.1) is 12.7 Å². The topological polar surface area (TPSA) is 58.8 Å². The van der Waals surface area contributed by atoms with Gasteiger partial charge in [0.1, 0.15) is 0 Å². The molecule has 0 aromatic heterocycles. The smallest absolute Gasteiger partial charge is 0.340 e. The van der Waals surface area contributed by atoms with Crippen LogP contribution in [0.25, 0.3) is 0 Å². The quantitative estimate of drug-likeness (QED) is 0.671. The van der Waals surface area contributed by atoms with Crippen molar-refractivity contribution in [3.63, 3.8) is 0 Å². The molecule has 0 amide bonds. The molecule has 1 saturated heterocycles. The van der Waals surface area contributed by atoms with Crippen molar-refractivity contribution in [1.82, 2.24) is 4.90 Å². The molecule has 110 valence electrons. The van der Waals surface area contributed by atoms with Crippen molar-refractivity contribution in [2.45, 2.75) is 18.9 Å². The number of esters is 1. The molecule has 0 unspecified atom stereocenters. The number of nitrogens with two attached hydrogens (primary N) is 1. The van der Waals surface area contributed by atoms with Crippen LogP contribution in [0.4, 0.5) is 11.4 Å². The summed E-state index contributed by atoms with van der Waals surface area (Å²) in [6, 6.07) is 6.05. The molecule has 0 aliphatic carbocycles. The number of nitrogen functional groups attached to an aromatic ring is 1. The number of nitrogens with zero attached hydrogens (tertiary/aromatic N) is 2. The summed E-state index contributed by atoms with van der Waals surface area (Å²) in [4.78, 5) is 16.3. The molecule has 5 nitrogen and oxygen atoms in total. The van der Waals surface area contributed by atoms with E-state index in [0.29, 0.717) is 17.3 Å². The number of ether oxygens (including phenoxy) is 1. The lowest BCUT2D eigenvalue weighted by Crippen LogP contribution is -2.42. The molecule has 1 aromatic carbocycles. The van der Waals surface area contributed by atoms with E-state index in [4.69, 9.17) is 10.5 Å². The zero-order valence-electron chi connectivity index (χ0n) is 12.4. The molecule has 1 aromatic rings. The first-order chi connectivity index (χ1) is 9.52. The molecular formula is C15H23N3O2. The van der Waals surface area contributed by atoms with E-state index >= 15 is 0 Å². The van der Waals surface area contributed by atoms with E-state index in [1.807, 2.05) is 12.1 Å². The van der Waals surface area contributed by atoms with Crippen LogP contribution in [0.1, 0.15) is 23.2 Å². The largest absolute Gasteiger partial charge is 0.465 e. The van der Waals surface area contributed by atoms with Crippen molar-refractivity contribution in [2.75, 3.05) is 44.9 Å². The number of rotatable bonds is 3. The van der Waals surface area contributed by atoms with Crippen LogP contribution in [0.5, 0.6) is 0 Å². The minimum atomic E-state index is -0.388. The van der Waals surface area contributed by atoms with Crippen molar-refractivity contribution in [2.24, 2.45) is 0 Å². The van der Waals surface area contributed by atoms with Gasteiger partial charge in [-0.3, -0.25) is 0 Å². The maximum Gasteiger partial charge on any atom is 0.340 e. The average Bonchev–Trinajstić information content (AvgIpc) is 2.47. The number of hydrogen-bond donors (Lipinski definition) is 1. The minimum Gasteiger partial charge on any atom is -0.465 e. The Hall–Kier alpha value is -1.75. The van der Waals surface area contributed by atoms with E-state index in [1.165, 1.54) is 7.11 Å². The van der Waals surface area contributed by atoms with Crippen LogP contribution in [-0.2, 0) is 4.74 Å². The molecule has 0 atom stereocenters. The van der Waals surface area contributed by atoms with E-state index in [-0.39, 0.29) is 5.97 Å². The average molecular weight is 277 g/mol. The summed E-state index contributed by atoms with van der Waals surface area (Å²) in [6.07, 6.45) is 2.26. The number of carbonyl (C=O) groups is 1. The molecule has 2 N–H and O–H groups in total. The third-order valence-electron chi connectivity index (χ3n) is 4.09. The van der Waals surface area contributed by atoms with Gasteiger partial charge >= 0.3 is 5.97 Å². The predicted octanol–water partition coefficient (Wildman–Crippen LogP) is 1.59. The number of benzene rings is 1. The Bertz CT molecular complexity index is 482. The number of methoxy groups -OCH3 is 1. The fraction of sp³-hybridized carbons (Fsp3) is 0.533. The lowest BCUT2D eigenvalue weighted by Gasteiger charge is -2.36. The number of hydrogen-bond acceptors (Lipinski definition) is 5. The highest BCUT2D eigenvalue weighted by Crippen LogP contribution is 2.25. The Morgan fingerprint density at radius 3 is 2.65 bits per heavy atom. The van der Waals surface area contributed by atoms with Crippen LogP contribution in [0.3, 0.4) is 0 Å². The van der Waals surface area contributed by atoms with E-state index in [9.17, 15) is 4.79 Å². The predicted molar refractivity (Wildman–Crippen MR) is 81.1 cm³/mol. The lowest BCUT2D eigenvalue weighted by molar-refractivity contribution is 0.0602. The maximum absolute atomic E-state index is 11.7. The van der Waals surface area contributed by atoms with Crippen molar-refractivity contribution >= 4 is 17.3 Å². The van der Waals surface area contributed by atoms with Gasteiger partial charge in [0, 0.05) is 24.5 Å². The maximum atomic E-state index is 11.7. The van der Waals surface area contributed by atoms with Crippen LogP contribution >= 0.6 is 0 Å². The van der Waals surface area contributed by atoms with Gasteiger partial charge in [0.15, 0.2) is 0 Å². The van der Waals surface area contributed by atoms with Gasteiger partial charge in [0.25, 0.3) is 0 Å². The Kier molecular flexibility index (Phi) is 4.49. The Morgan fingerprint density at radius 2 is 2.05 bits per heavy atom. The Morgan fingerprint density at radius 1 is 1.40 bits per heavy atom. The van der Waals surface area contributed by atoms with Crippen LogP contribution < -0.4 is 10.6 Å². The Labute approximate surface area is 120 Å². The lowest BCUT2D eigenvalue weighted by atomic mass is 10.0. The summed E-state index contributed by atoms with van der Waals surface area (Å²) in [7, 11) is 5.59. The van der Waals surface area contributed by atoms with E-state index in [1.54, 1.807) is 6.07 Å². The summed E-state index contributed by atoms with van der Waals surface area (Å²) in [6.45, 7) is 2.21. The molecule has 0 radical (unpaired) electrons. The molecule has 0 bridgehead atoms. The van der Waals surface area contributed by atoms with Crippen molar-refractivity contribution in [3.8, 4) is 0 Å². The molecule has 1 aliphatic rings. The molecule has 5 heteroatoms. The number of piperidine rings is 1. The standard InChI is InChI=1S/C15H23N3O2/c1-17-8-6-11(7-9-17)18(2)12-4-5-14(16)13(10-12)15(19)20-3/h4-5,10-11H,6-9,16H2,1-3H3. The monoisotopic (exact) mass is 277 g/mol.